The number of rotatable bonds is 5. The fourth-order valence-electron chi connectivity index (χ4n) is 2.13. The topological polar surface area (TPSA) is 81.2 Å². The maximum atomic E-state index is 11.8. The second-order valence-corrected chi connectivity index (χ2v) is 5.28. The summed E-state index contributed by atoms with van der Waals surface area (Å²) in [6, 6.07) is 0.238. The van der Waals surface area contributed by atoms with Gasteiger partial charge in [0, 0.05) is 6.04 Å². The molecule has 1 N–H and O–H groups in total. The lowest BCUT2D eigenvalue weighted by Gasteiger charge is -2.11. The Bertz CT molecular complexity index is 455. The van der Waals surface area contributed by atoms with Crippen LogP contribution in [-0.2, 0) is 16.0 Å². The number of esters is 1. The van der Waals surface area contributed by atoms with Crippen LogP contribution in [0.1, 0.15) is 48.0 Å². The number of carbonyl (C=O) groups excluding carboxylic acids is 2. The highest BCUT2D eigenvalue weighted by Crippen LogP contribution is 2.17. The smallest absolute Gasteiger partial charge is 0.352 e. The predicted molar refractivity (Wildman–Crippen MR) is 70.0 cm³/mol. The molecule has 1 saturated carbocycles. The number of nitrogens with zero attached hydrogens (tertiary/aromatic N) is 2. The lowest BCUT2D eigenvalue weighted by Crippen LogP contribution is -2.35. The maximum absolute atomic E-state index is 11.8. The third kappa shape index (κ3) is 3.73. The number of nitrogens with one attached hydrogen (secondary N) is 1. The van der Waals surface area contributed by atoms with Crippen molar-refractivity contribution in [3.8, 4) is 0 Å². The molecule has 104 valence electrons. The number of ether oxygens (including phenoxy) is 1. The number of aromatic nitrogens is 2. The van der Waals surface area contributed by atoms with Crippen LogP contribution in [0.25, 0.3) is 0 Å². The summed E-state index contributed by atoms with van der Waals surface area (Å²) in [6.45, 7) is 1.65. The van der Waals surface area contributed by atoms with Crippen molar-refractivity contribution in [2.45, 2.75) is 45.1 Å². The van der Waals surface area contributed by atoms with Gasteiger partial charge in [-0.15, -0.1) is 5.10 Å². The van der Waals surface area contributed by atoms with Crippen molar-refractivity contribution >= 4 is 23.4 Å². The molecule has 1 aromatic heterocycles. The van der Waals surface area contributed by atoms with Gasteiger partial charge in [0.15, 0.2) is 11.5 Å². The molecule has 1 aliphatic carbocycles. The van der Waals surface area contributed by atoms with E-state index in [9.17, 15) is 9.59 Å². The van der Waals surface area contributed by atoms with Crippen LogP contribution in [0.15, 0.2) is 0 Å². The molecule has 0 radical (unpaired) electrons. The van der Waals surface area contributed by atoms with Crippen molar-refractivity contribution in [3.05, 3.63) is 10.6 Å². The molecule has 1 amide bonds. The predicted octanol–water partition coefficient (Wildman–Crippen LogP) is 1.32. The first-order valence-electron chi connectivity index (χ1n) is 6.48. The average Bonchev–Trinajstić information content (AvgIpc) is 3.06. The highest BCUT2D eigenvalue weighted by atomic mass is 32.1. The van der Waals surface area contributed by atoms with Crippen LogP contribution >= 0.6 is 11.5 Å². The average molecular weight is 283 g/mol. The van der Waals surface area contributed by atoms with Crippen molar-refractivity contribution in [1.82, 2.24) is 14.9 Å². The van der Waals surface area contributed by atoms with Gasteiger partial charge < -0.3 is 10.1 Å². The molecule has 0 spiro atoms. The number of amides is 1. The molecule has 0 unspecified atom stereocenters. The van der Waals surface area contributed by atoms with Gasteiger partial charge in [-0.3, -0.25) is 4.79 Å². The summed E-state index contributed by atoms with van der Waals surface area (Å²) in [5.74, 6) is -0.760. The van der Waals surface area contributed by atoms with Crippen LogP contribution in [0.2, 0.25) is 0 Å². The Labute approximate surface area is 115 Å². The zero-order valence-electron chi connectivity index (χ0n) is 10.8. The fraction of sp³-hybridized carbons (Fsp3) is 0.667. The SMILES string of the molecule is CCc1nnsc1C(=O)OCC(=O)NC1CCCC1. The zero-order valence-corrected chi connectivity index (χ0v) is 11.7. The number of hydrogen-bond acceptors (Lipinski definition) is 6. The van der Waals surface area contributed by atoms with E-state index >= 15 is 0 Å². The first kappa shape index (κ1) is 13.9. The van der Waals surface area contributed by atoms with Gasteiger partial charge in [-0.2, -0.15) is 0 Å². The van der Waals surface area contributed by atoms with Gasteiger partial charge in [-0.25, -0.2) is 4.79 Å². The van der Waals surface area contributed by atoms with Crippen molar-refractivity contribution in [2.75, 3.05) is 6.61 Å². The quantitative estimate of drug-likeness (QED) is 0.824. The van der Waals surface area contributed by atoms with Crippen molar-refractivity contribution in [1.29, 1.82) is 0 Å². The molecule has 0 atom stereocenters. The molecule has 6 nitrogen and oxygen atoms in total. The van der Waals surface area contributed by atoms with Gasteiger partial charge in [0.1, 0.15) is 0 Å². The monoisotopic (exact) mass is 283 g/mol. The van der Waals surface area contributed by atoms with E-state index in [-0.39, 0.29) is 18.6 Å². The van der Waals surface area contributed by atoms with Gasteiger partial charge >= 0.3 is 5.97 Å². The minimum absolute atomic E-state index is 0.238. The molecule has 2 rings (SSSR count). The first-order chi connectivity index (χ1) is 9.20. The van der Waals surface area contributed by atoms with Gasteiger partial charge in [0.05, 0.1) is 5.69 Å². The molecular formula is C12H17N3O3S. The van der Waals surface area contributed by atoms with E-state index < -0.39 is 5.97 Å². The Morgan fingerprint density at radius 1 is 1.42 bits per heavy atom. The molecule has 7 heteroatoms. The first-order valence-corrected chi connectivity index (χ1v) is 7.25. The number of carbonyl (C=O) groups is 2. The lowest BCUT2D eigenvalue weighted by atomic mass is 10.2. The van der Waals surface area contributed by atoms with E-state index in [1.807, 2.05) is 6.92 Å². The minimum Gasteiger partial charge on any atom is -0.451 e. The molecule has 1 fully saturated rings. The second kappa shape index (κ2) is 6.60. The summed E-state index contributed by atoms with van der Waals surface area (Å²) in [7, 11) is 0. The molecule has 0 aromatic carbocycles. The lowest BCUT2D eigenvalue weighted by molar-refractivity contribution is -0.124. The maximum Gasteiger partial charge on any atom is 0.352 e. The van der Waals surface area contributed by atoms with Crippen LogP contribution in [0.4, 0.5) is 0 Å². The van der Waals surface area contributed by atoms with E-state index in [4.69, 9.17) is 4.74 Å². The highest BCUT2D eigenvalue weighted by Gasteiger charge is 2.20. The van der Waals surface area contributed by atoms with Crippen LogP contribution in [0.3, 0.4) is 0 Å². The Hall–Kier alpha value is -1.50. The van der Waals surface area contributed by atoms with Gasteiger partial charge in [0.25, 0.3) is 5.91 Å². The van der Waals surface area contributed by atoms with Crippen LogP contribution in [-0.4, -0.2) is 34.1 Å². The largest absolute Gasteiger partial charge is 0.451 e. The van der Waals surface area contributed by atoms with Crippen LogP contribution in [0, 0.1) is 0 Å². The van der Waals surface area contributed by atoms with E-state index in [0.29, 0.717) is 17.0 Å². The fourth-order valence-corrected chi connectivity index (χ4v) is 2.78. The highest BCUT2D eigenvalue weighted by molar-refractivity contribution is 7.07. The molecule has 0 saturated heterocycles. The second-order valence-electron chi connectivity index (χ2n) is 4.53. The molecule has 1 heterocycles. The molecular weight excluding hydrogens is 266 g/mol. The summed E-state index contributed by atoms with van der Waals surface area (Å²) < 4.78 is 8.70. The molecule has 1 aliphatic rings. The molecule has 0 bridgehead atoms. The van der Waals surface area contributed by atoms with Gasteiger partial charge in [0.2, 0.25) is 0 Å². The minimum atomic E-state index is -0.520. The van der Waals surface area contributed by atoms with E-state index in [1.54, 1.807) is 0 Å². The standard InChI is InChI=1S/C12H17N3O3S/c1-2-9-11(19-15-14-9)12(17)18-7-10(16)13-8-5-3-4-6-8/h8H,2-7H2,1H3,(H,13,16). The Balaban J connectivity index is 1.78. The summed E-state index contributed by atoms with van der Waals surface area (Å²) in [6.07, 6.45) is 4.94. The van der Waals surface area contributed by atoms with Crippen molar-refractivity contribution in [2.24, 2.45) is 0 Å². The van der Waals surface area contributed by atoms with Crippen LogP contribution < -0.4 is 5.32 Å². The van der Waals surface area contributed by atoms with E-state index in [1.165, 1.54) is 0 Å². The number of hydrogen-bond donors (Lipinski definition) is 1. The third-order valence-electron chi connectivity index (χ3n) is 3.13. The van der Waals surface area contributed by atoms with Gasteiger partial charge in [-0.1, -0.05) is 24.3 Å². The van der Waals surface area contributed by atoms with Gasteiger partial charge in [-0.05, 0) is 30.8 Å². The Kier molecular flexibility index (Phi) is 4.84. The van der Waals surface area contributed by atoms with Crippen molar-refractivity contribution < 1.29 is 14.3 Å². The van der Waals surface area contributed by atoms with E-state index in [2.05, 4.69) is 14.9 Å². The van der Waals surface area contributed by atoms with Crippen LogP contribution in [0.5, 0.6) is 0 Å². The normalized spacial score (nSPS) is 15.4. The summed E-state index contributed by atoms with van der Waals surface area (Å²) >= 11 is 0.999. The molecule has 0 aliphatic heterocycles. The zero-order chi connectivity index (χ0) is 13.7. The molecule has 1 aromatic rings. The summed E-state index contributed by atoms with van der Waals surface area (Å²) in [4.78, 5) is 23.8. The third-order valence-corrected chi connectivity index (χ3v) is 3.88. The Morgan fingerprint density at radius 3 is 2.84 bits per heavy atom. The molecule has 19 heavy (non-hydrogen) atoms. The van der Waals surface area contributed by atoms with Crippen molar-refractivity contribution in [3.63, 3.8) is 0 Å². The Morgan fingerprint density at radius 2 is 2.16 bits per heavy atom. The summed E-state index contributed by atoms with van der Waals surface area (Å²) in [5.41, 5.74) is 0.617. The summed E-state index contributed by atoms with van der Waals surface area (Å²) in [5, 5.41) is 6.70. The number of aryl methyl sites for hydroxylation is 1. The van der Waals surface area contributed by atoms with E-state index in [0.717, 1.165) is 37.2 Å².